The minimum Gasteiger partial charge on any atom is -0.481 e. The first-order valence-corrected chi connectivity index (χ1v) is 3.81. The minimum atomic E-state index is -4.90. The molecule has 0 saturated heterocycles. The number of methoxy groups -OCH3 is 1. The lowest BCUT2D eigenvalue weighted by Crippen LogP contribution is -2.29. The highest BCUT2D eigenvalue weighted by Gasteiger charge is 2.38. The molecule has 82 valence electrons. The Morgan fingerprint density at radius 1 is 1.47 bits per heavy atom. The molecule has 15 heavy (non-hydrogen) atoms. The summed E-state index contributed by atoms with van der Waals surface area (Å²) in [5, 5.41) is 1.65. The minimum absolute atomic E-state index is 0.0434. The number of hydrogen-bond donors (Lipinski definition) is 1. The van der Waals surface area contributed by atoms with Gasteiger partial charge in [-0.2, -0.15) is 13.2 Å². The molecule has 7 heteroatoms. The summed E-state index contributed by atoms with van der Waals surface area (Å²) < 4.78 is 40.2. The Balaban J connectivity index is 2.70. The van der Waals surface area contributed by atoms with E-state index in [1.165, 1.54) is 19.2 Å². The number of nitrogens with zero attached hydrogens (tertiary/aromatic N) is 1. The average Bonchev–Trinajstić information content (AvgIpc) is 2.17. The number of amides is 1. The molecule has 1 aromatic heterocycles. The predicted molar refractivity (Wildman–Crippen MR) is 45.5 cm³/mol. The molecule has 1 aromatic rings. The van der Waals surface area contributed by atoms with Gasteiger partial charge in [-0.3, -0.25) is 4.79 Å². The summed E-state index contributed by atoms with van der Waals surface area (Å²) in [5.74, 6) is -1.78. The van der Waals surface area contributed by atoms with E-state index >= 15 is 0 Å². The van der Waals surface area contributed by atoms with Gasteiger partial charge in [0, 0.05) is 6.07 Å². The zero-order valence-corrected chi connectivity index (χ0v) is 7.63. The third kappa shape index (κ3) is 3.12. The van der Waals surface area contributed by atoms with Crippen LogP contribution < -0.4 is 10.1 Å². The highest BCUT2D eigenvalue weighted by Crippen LogP contribution is 2.18. The SMILES string of the molecule is COc1ccc(NC(=O)C(F)(F)F)cn1. The third-order valence-corrected chi connectivity index (χ3v) is 1.46. The van der Waals surface area contributed by atoms with E-state index in [0.717, 1.165) is 6.20 Å². The molecule has 0 bridgehead atoms. The van der Waals surface area contributed by atoms with Crippen molar-refractivity contribution in [2.75, 3.05) is 12.4 Å². The van der Waals surface area contributed by atoms with E-state index in [1.807, 2.05) is 0 Å². The molecule has 1 heterocycles. The molecule has 0 aliphatic heterocycles. The quantitative estimate of drug-likeness (QED) is 0.823. The van der Waals surface area contributed by atoms with E-state index in [1.54, 1.807) is 5.32 Å². The summed E-state index contributed by atoms with van der Waals surface area (Å²) in [6.45, 7) is 0. The largest absolute Gasteiger partial charge is 0.481 e. The van der Waals surface area contributed by atoms with E-state index in [4.69, 9.17) is 4.74 Å². The second kappa shape index (κ2) is 4.16. The normalized spacial score (nSPS) is 10.9. The van der Waals surface area contributed by atoms with Crippen molar-refractivity contribution in [2.45, 2.75) is 6.18 Å². The topological polar surface area (TPSA) is 51.2 Å². The number of aromatic nitrogens is 1. The number of pyridine rings is 1. The van der Waals surface area contributed by atoms with Crippen LogP contribution in [0.2, 0.25) is 0 Å². The molecular formula is C8H7F3N2O2. The van der Waals surface area contributed by atoms with Crippen LogP contribution >= 0.6 is 0 Å². The van der Waals surface area contributed by atoms with E-state index < -0.39 is 12.1 Å². The zero-order chi connectivity index (χ0) is 11.5. The van der Waals surface area contributed by atoms with Crippen LogP contribution in [-0.2, 0) is 4.79 Å². The summed E-state index contributed by atoms with van der Waals surface area (Å²) in [6, 6.07) is 2.60. The fraction of sp³-hybridized carbons (Fsp3) is 0.250. The van der Waals surface area contributed by atoms with Gasteiger partial charge in [0.05, 0.1) is 19.0 Å². The predicted octanol–water partition coefficient (Wildman–Crippen LogP) is 1.59. The second-order valence-electron chi connectivity index (χ2n) is 2.54. The Bertz CT molecular complexity index is 348. The Morgan fingerprint density at radius 2 is 2.13 bits per heavy atom. The maximum atomic E-state index is 11.8. The zero-order valence-electron chi connectivity index (χ0n) is 7.63. The Morgan fingerprint density at radius 3 is 2.53 bits per heavy atom. The molecule has 0 aliphatic rings. The number of rotatable bonds is 2. The number of alkyl halides is 3. The van der Waals surface area contributed by atoms with Crippen LogP contribution in [0.5, 0.6) is 5.88 Å². The van der Waals surface area contributed by atoms with Gasteiger partial charge in [-0.15, -0.1) is 0 Å². The van der Waals surface area contributed by atoms with Gasteiger partial charge in [0.15, 0.2) is 0 Å². The van der Waals surface area contributed by atoms with Crippen LogP contribution in [0.3, 0.4) is 0 Å². The van der Waals surface area contributed by atoms with Gasteiger partial charge in [0.1, 0.15) is 0 Å². The van der Waals surface area contributed by atoms with E-state index in [9.17, 15) is 18.0 Å². The van der Waals surface area contributed by atoms with Gasteiger partial charge in [0.2, 0.25) is 5.88 Å². The number of anilines is 1. The lowest BCUT2D eigenvalue weighted by molar-refractivity contribution is -0.167. The van der Waals surface area contributed by atoms with Gasteiger partial charge in [0.25, 0.3) is 0 Å². The lowest BCUT2D eigenvalue weighted by atomic mass is 10.4. The van der Waals surface area contributed by atoms with Crippen LogP contribution in [0.4, 0.5) is 18.9 Å². The van der Waals surface area contributed by atoms with E-state index in [-0.39, 0.29) is 11.6 Å². The third-order valence-electron chi connectivity index (χ3n) is 1.46. The second-order valence-corrected chi connectivity index (χ2v) is 2.54. The van der Waals surface area contributed by atoms with Crippen LogP contribution in [-0.4, -0.2) is 24.2 Å². The monoisotopic (exact) mass is 220 g/mol. The van der Waals surface area contributed by atoms with Gasteiger partial charge in [-0.1, -0.05) is 0 Å². The summed E-state index contributed by atoms with van der Waals surface area (Å²) in [6.07, 6.45) is -3.83. The van der Waals surface area contributed by atoms with Crippen molar-refractivity contribution in [3.63, 3.8) is 0 Å². The van der Waals surface area contributed by atoms with Crippen molar-refractivity contribution < 1.29 is 22.7 Å². The maximum Gasteiger partial charge on any atom is 0.471 e. The first-order chi connectivity index (χ1) is 6.93. The fourth-order valence-electron chi connectivity index (χ4n) is 0.777. The average molecular weight is 220 g/mol. The van der Waals surface area contributed by atoms with E-state index in [0.29, 0.717) is 0 Å². The first-order valence-electron chi connectivity index (χ1n) is 3.81. The van der Waals surface area contributed by atoms with Crippen molar-refractivity contribution in [1.82, 2.24) is 4.98 Å². The van der Waals surface area contributed by atoms with Crippen molar-refractivity contribution >= 4 is 11.6 Å². The highest BCUT2D eigenvalue weighted by molar-refractivity contribution is 5.94. The maximum absolute atomic E-state index is 11.8. The molecule has 1 rings (SSSR count). The Labute approximate surface area is 83.1 Å². The van der Waals surface area contributed by atoms with Gasteiger partial charge in [-0.25, -0.2) is 4.98 Å². The number of hydrogen-bond acceptors (Lipinski definition) is 3. The molecular weight excluding hydrogens is 213 g/mol. The molecule has 1 amide bonds. The number of ether oxygens (including phenoxy) is 1. The first kappa shape index (κ1) is 11.3. The molecule has 0 aliphatic carbocycles. The highest BCUT2D eigenvalue weighted by atomic mass is 19.4. The molecule has 0 aromatic carbocycles. The van der Waals surface area contributed by atoms with Crippen molar-refractivity contribution in [3.05, 3.63) is 18.3 Å². The molecule has 1 N–H and O–H groups in total. The smallest absolute Gasteiger partial charge is 0.471 e. The van der Waals surface area contributed by atoms with E-state index in [2.05, 4.69) is 4.98 Å². The Kier molecular flexibility index (Phi) is 3.13. The molecule has 0 atom stereocenters. The van der Waals surface area contributed by atoms with Gasteiger partial charge in [-0.05, 0) is 6.07 Å². The Hall–Kier alpha value is -1.79. The molecule has 0 saturated carbocycles. The standard InChI is InChI=1S/C8H7F3N2O2/c1-15-6-3-2-5(4-12-6)13-7(14)8(9,10)11/h2-4H,1H3,(H,13,14). The number of carbonyl (C=O) groups excluding carboxylic acids is 1. The van der Waals surface area contributed by atoms with Crippen LogP contribution in [0, 0.1) is 0 Å². The molecule has 0 spiro atoms. The fourth-order valence-corrected chi connectivity index (χ4v) is 0.777. The van der Waals surface area contributed by atoms with Gasteiger partial charge < -0.3 is 10.1 Å². The van der Waals surface area contributed by atoms with Crippen molar-refractivity contribution in [3.8, 4) is 5.88 Å². The van der Waals surface area contributed by atoms with Gasteiger partial charge >= 0.3 is 12.1 Å². The van der Waals surface area contributed by atoms with Crippen LogP contribution in [0.25, 0.3) is 0 Å². The number of nitrogens with one attached hydrogen (secondary N) is 1. The summed E-state index contributed by atoms with van der Waals surface area (Å²) >= 11 is 0. The van der Waals surface area contributed by atoms with Crippen LogP contribution in [0.1, 0.15) is 0 Å². The molecule has 4 nitrogen and oxygen atoms in total. The summed E-state index contributed by atoms with van der Waals surface area (Å²) in [4.78, 5) is 14.1. The van der Waals surface area contributed by atoms with Crippen molar-refractivity contribution in [1.29, 1.82) is 0 Å². The molecule has 0 radical (unpaired) electrons. The molecule has 0 fully saturated rings. The number of carbonyl (C=O) groups is 1. The summed E-state index contributed by atoms with van der Waals surface area (Å²) in [7, 11) is 1.37. The van der Waals surface area contributed by atoms with Crippen LogP contribution in [0.15, 0.2) is 18.3 Å². The lowest BCUT2D eigenvalue weighted by Gasteiger charge is -2.07. The van der Waals surface area contributed by atoms with Crippen molar-refractivity contribution in [2.24, 2.45) is 0 Å². The summed E-state index contributed by atoms with van der Waals surface area (Å²) in [5.41, 5.74) is -0.0434. The number of halogens is 3. The molecule has 0 unspecified atom stereocenters.